The lowest BCUT2D eigenvalue weighted by molar-refractivity contribution is 0.0595. The van der Waals surface area contributed by atoms with Gasteiger partial charge in [-0.2, -0.15) is 0 Å². The Morgan fingerprint density at radius 3 is 2.41 bits per heavy atom. The van der Waals surface area contributed by atoms with Gasteiger partial charge in [0.05, 0.1) is 12.8 Å². The molecule has 2 bridgehead atoms. The maximum atomic E-state index is 13.2. The SMILES string of the molecule is COc1ccc(C(=O)N2C[C@H]3C[C@H](C2)c2c(NC(=O)Nc4ccccc4)ccc(=O)n2C3)cc1. The van der Waals surface area contributed by atoms with Crippen LogP contribution in [0.3, 0.4) is 0 Å². The van der Waals surface area contributed by atoms with E-state index in [0.717, 1.165) is 12.1 Å². The van der Waals surface area contributed by atoms with Gasteiger partial charge in [-0.3, -0.25) is 9.59 Å². The van der Waals surface area contributed by atoms with Gasteiger partial charge in [-0.25, -0.2) is 4.79 Å². The lowest BCUT2D eigenvalue weighted by Gasteiger charge is -2.43. The summed E-state index contributed by atoms with van der Waals surface area (Å²) in [6.07, 6.45) is 0.866. The molecule has 1 aromatic heterocycles. The fraction of sp³-hybridized carbons (Fsp3) is 0.269. The Balaban J connectivity index is 1.39. The molecule has 0 saturated carbocycles. The average molecular weight is 459 g/mol. The van der Waals surface area contributed by atoms with Crippen LogP contribution in [0.2, 0.25) is 0 Å². The average Bonchev–Trinajstić information content (AvgIpc) is 2.86. The summed E-state index contributed by atoms with van der Waals surface area (Å²) in [4.78, 5) is 40.4. The lowest BCUT2D eigenvalue weighted by atomic mass is 9.82. The van der Waals surface area contributed by atoms with E-state index in [9.17, 15) is 14.4 Å². The van der Waals surface area contributed by atoms with Crippen molar-refractivity contribution in [3.05, 3.63) is 88.3 Å². The number of carbonyl (C=O) groups is 2. The van der Waals surface area contributed by atoms with E-state index in [4.69, 9.17) is 4.74 Å². The zero-order chi connectivity index (χ0) is 23.7. The van der Waals surface area contributed by atoms with Crippen LogP contribution < -0.4 is 20.9 Å². The van der Waals surface area contributed by atoms with E-state index in [1.807, 2.05) is 23.1 Å². The number of hydrogen-bond donors (Lipinski definition) is 2. The van der Waals surface area contributed by atoms with E-state index in [-0.39, 0.29) is 29.3 Å². The van der Waals surface area contributed by atoms with E-state index in [1.165, 1.54) is 6.07 Å². The number of amides is 3. The molecular formula is C26H26N4O4. The minimum absolute atomic E-state index is 0.0413. The molecule has 3 heterocycles. The van der Waals surface area contributed by atoms with E-state index >= 15 is 0 Å². The molecule has 0 spiro atoms. The van der Waals surface area contributed by atoms with Crippen LogP contribution in [-0.2, 0) is 6.54 Å². The molecule has 1 saturated heterocycles. The number of nitrogens with zero attached hydrogens (tertiary/aromatic N) is 2. The molecule has 1 fully saturated rings. The third kappa shape index (κ3) is 4.26. The highest BCUT2D eigenvalue weighted by molar-refractivity contribution is 6.00. The molecule has 2 aliphatic heterocycles. The number of rotatable bonds is 4. The molecule has 8 nitrogen and oxygen atoms in total. The second-order valence-electron chi connectivity index (χ2n) is 8.76. The van der Waals surface area contributed by atoms with E-state index in [1.54, 1.807) is 54.1 Å². The van der Waals surface area contributed by atoms with Crippen molar-refractivity contribution >= 4 is 23.3 Å². The number of benzene rings is 2. The summed E-state index contributed by atoms with van der Waals surface area (Å²) in [6, 6.07) is 19.0. The minimum atomic E-state index is -0.378. The third-order valence-electron chi connectivity index (χ3n) is 6.49. The molecule has 3 amide bonds. The first-order chi connectivity index (χ1) is 16.5. The summed E-state index contributed by atoms with van der Waals surface area (Å²) < 4.78 is 6.95. The van der Waals surface area contributed by atoms with Gasteiger partial charge in [0.25, 0.3) is 11.5 Å². The standard InChI is InChI=1S/C26H26N4O4/c1-34-21-9-7-18(8-10-21)25(32)29-14-17-13-19(16-29)24-22(11-12-23(31)30(24)15-17)28-26(33)27-20-5-3-2-4-6-20/h2-12,17,19H,13-16H2,1H3,(H2,27,28,33)/t17-,19-/m1/s1. The number of anilines is 2. The number of hydrogen-bond acceptors (Lipinski definition) is 4. The first-order valence-electron chi connectivity index (χ1n) is 11.3. The largest absolute Gasteiger partial charge is 0.497 e. The number of methoxy groups -OCH3 is 1. The van der Waals surface area contributed by atoms with Gasteiger partial charge in [-0.15, -0.1) is 0 Å². The topological polar surface area (TPSA) is 92.7 Å². The molecule has 2 atom stereocenters. The van der Waals surface area contributed by atoms with Gasteiger partial charge in [0.15, 0.2) is 0 Å². The number of likely N-dealkylation sites (tertiary alicyclic amines) is 1. The Hall–Kier alpha value is -4.07. The van der Waals surface area contributed by atoms with Crippen molar-refractivity contribution < 1.29 is 14.3 Å². The van der Waals surface area contributed by atoms with E-state index in [0.29, 0.717) is 42.3 Å². The highest BCUT2D eigenvalue weighted by atomic mass is 16.5. The first kappa shape index (κ1) is 21.8. The van der Waals surface area contributed by atoms with Crippen LogP contribution >= 0.6 is 0 Å². The van der Waals surface area contributed by atoms with Crippen molar-refractivity contribution in [2.45, 2.75) is 18.9 Å². The Labute approximate surface area is 197 Å². The lowest BCUT2D eigenvalue weighted by Crippen LogP contribution is -2.49. The molecular weight excluding hydrogens is 432 g/mol. The predicted octanol–water partition coefficient (Wildman–Crippen LogP) is 3.76. The van der Waals surface area contributed by atoms with Crippen LogP contribution in [-0.4, -0.2) is 41.6 Å². The normalized spacial score (nSPS) is 18.6. The quantitative estimate of drug-likeness (QED) is 0.623. The number of aromatic nitrogens is 1. The molecule has 5 rings (SSSR count). The first-order valence-corrected chi connectivity index (χ1v) is 11.3. The summed E-state index contributed by atoms with van der Waals surface area (Å²) in [7, 11) is 1.59. The number of para-hydroxylation sites is 1. The number of piperidine rings is 1. The smallest absolute Gasteiger partial charge is 0.323 e. The number of urea groups is 1. The summed E-state index contributed by atoms with van der Waals surface area (Å²) in [5, 5.41) is 5.72. The molecule has 2 aromatic carbocycles. The predicted molar refractivity (Wildman–Crippen MR) is 130 cm³/mol. The van der Waals surface area contributed by atoms with Gasteiger partial charge in [0, 0.05) is 48.6 Å². The van der Waals surface area contributed by atoms with Gasteiger partial charge in [0.2, 0.25) is 0 Å². The molecule has 0 unspecified atom stereocenters. The summed E-state index contributed by atoms with van der Waals surface area (Å²) in [5.74, 6) is 0.792. The number of carbonyl (C=O) groups excluding carboxylic acids is 2. The highest BCUT2D eigenvalue weighted by Crippen LogP contribution is 2.39. The second-order valence-corrected chi connectivity index (χ2v) is 8.76. The zero-order valence-corrected chi connectivity index (χ0v) is 18.9. The summed E-state index contributed by atoms with van der Waals surface area (Å²) >= 11 is 0. The Kier molecular flexibility index (Phi) is 5.79. The van der Waals surface area contributed by atoms with Crippen LogP contribution in [0, 0.1) is 5.92 Å². The molecule has 34 heavy (non-hydrogen) atoms. The fourth-order valence-corrected chi connectivity index (χ4v) is 5.01. The molecule has 0 aliphatic carbocycles. The van der Waals surface area contributed by atoms with Crippen LogP contribution in [0.5, 0.6) is 5.75 Å². The maximum absolute atomic E-state index is 13.2. The van der Waals surface area contributed by atoms with Crippen LogP contribution in [0.1, 0.15) is 28.4 Å². The maximum Gasteiger partial charge on any atom is 0.323 e. The Morgan fingerprint density at radius 2 is 1.68 bits per heavy atom. The molecule has 0 radical (unpaired) electrons. The zero-order valence-electron chi connectivity index (χ0n) is 18.9. The van der Waals surface area contributed by atoms with E-state index < -0.39 is 0 Å². The van der Waals surface area contributed by atoms with Gasteiger partial charge in [-0.05, 0) is 54.8 Å². The van der Waals surface area contributed by atoms with Gasteiger partial charge in [0.1, 0.15) is 5.75 Å². The van der Waals surface area contributed by atoms with Gasteiger partial charge >= 0.3 is 6.03 Å². The van der Waals surface area contributed by atoms with Crippen molar-refractivity contribution in [2.24, 2.45) is 5.92 Å². The number of ether oxygens (including phenoxy) is 1. The molecule has 2 aliphatic rings. The van der Waals surface area contributed by atoms with Crippen molar-refractivity contribution in [2.75, 3.05) is 30.8 Å². The summed E-state index contributed by atoms with van der Waals surface area (Å²) in [6.45, 7) is 1.60. The second kappa shape index (κ2) is 9.05. The number of nitrogens with one attached hydrogen (secondary N) is 2. The molecule has 8 heteroatoms. The van der Waals surface area contributed by atoms with Crippen molar-refractivity contribution in [1.29, 1.82) is 0 Å². The number of pyridine rings is 1. The number of fused-ring (bicyclic) bond motifs is 4. The minimum Gasteiger partial charge on any atom is -0.497 e. The van der Waals surface area contributed by atoms with Crippen LogP contribution in [0.15, 0.2) is 71.5 Å². The van der Waals surface area contributed by atoms with Crippen LogP contribution in [0.4, 0.5) is 16.2 Å². The fourth-order valence-electron chi connectivity index (χ4n) is 5.01. The van der Waals surface area contributed by atoms with Gasteiger partial charge in [-0.1, -0.05) is 18.2 Å². The monoisotopic (exact) mass is 458 g/mol. The van der Waals surface area contributed by atoms with Crippen molar-refractivity contribution in [3.63, 3.8) is 0 Å². The van der Waals surface area contributed by atoms with Gasteiger partial charge < -0.3 is 24.8 Å². The van der Waals surface area contributed by atoms with Crippen molar-refractivity contribution in [1.82, 2.24) is 9.47 Å². The summed E-state index contributed by atoms with van der Waals surface area (Å²) in [5.41, 5.74) is 2.56. The molecule has 174 valence electrons. The Bertz CT molecular complexity index is 1270. The third-order valence-corrected chi connectivity index (χ3v) is 6.49. The van der Waals surface area contributed by atoms with E-state index in [2.05, 4.69) is 10.6 Å². The van der Waals surface area contributed by atoms with Crippen LogP contribution in [0.25, 0.3) is 0 Å². The Morgan fingerprint density at radius 1 is 0.912 bits per heavy atom. The molecule has 3 aromatic rings. The highest BCUT2D eigenvalue weighted by Gasteiger charge is 2.38. The molecule has 2 N–H and O–H groups in total. The van der Waals surface area contributed by atoms with Crippen molar-refractivity contribution in [3.8, 4) is 5.75 Å².